The number of hydrogen-bond acceptors (Lipinski definition) is 3. The second kappa shape index (κ2) is 5.24. The minimum absolute atomic E-state index is 0.557. The van der Waals surface area contributed by atoms with E-state index in [0.29, 0.717) is 12.1 Å². The molecule has 0 radical (unpaired) electrons. The molecule has 18 heavy (non-hydrogen) atoms. The number of nitrogens with zero attached hydrogens (tertiary/aromatic N) is 1. The lowest BCUT2D eigenvalue weighted by Crippen LogP contribution is -2.48. The fourth-order valence-electron chi connectivity index (χ4n) is 3.16. The van der Waals surface area contributed by atoms with Gasteiger partial charge in [0, 0.05) is 29.3 Å². The van der Waals surface area contributed by atoms with Crippen LogP contribution in [0.5, 0.6) is 0 Å². The zero-order chi connectivity index (χ0) is 12.5. The predicted octanol–water partition coefficient (Wildman–Crippen LogP) is 2.76. The second-order valence-electron chi connectivity index (χ2n) is 5.70. The van der Waals surface area contributed by atoms with E-state index in [1.54, 1.807) is 0 Å². The molecule has 1 N–H and O–H groups in total. The van der Waals surface area contributed by atoms with Crippen LogP contribution in [0.25, 0.3) is 0 Å². The van der Waals surface area contributed by atoms with Crippen molar-refractivity contribution in [3.05, 3.63) is 29.8 Å². The van der Waals surface area contributed by atoms with Crippen LogP contribution in [0.2, 0.25) is 0 Å². The molecule has 0 saturated carbocycles. The Morgan fingerprint density at radius 2 is 2.17 bits per heavy atom. The van der Waals surface area contributed by atoms with Crippen molar-refractivity contribution in [1.82, 2.24) is 10.2 Å². The van der Waals surface area contributed by atoms with Crippen LogP contribution in [0.1, 0.15) is 24.9 Å². The summed E-state index contributed by atoms with van der Waals surface area (Å²) in [6.07, 6.45) is 1.28. The average molecular weight is 262 g/mol. The zero-order valence-electron chi connectivity index (χ0n) is 11.2. The van der Waals surface area contributed by atoms with E-state index in [2.05, 4.69) is 48.5 Å². The number of rotatable bonds is 2. The summed E-state index contributed by atoms with van der Waals surface area (Å²) in [5.74, 6) is 1.94. The number of benzene rings is 1. The van der Waals surface area contributed by atoms with Crippen molar-refractivity contribution in [1.29, 1.82) is 0 Å². The Hall–Kier alpha value is -0.510. The highest BCUT2D eigenvalue weighted by molar-refractivity contribution is 7.99. The lowest BCUT2D eigenvalue weighted by Gasteiger charge is -2.37. The molecular formula is C15H22N2S. The highest BCUT2D eigenvalue weighted by Gasteiger charge is 2.29. The van der Waals surface area contributed by atoms with E-state index < -0.39 is 0 Å². The van der Waals surface area contributed by atoms with Gasteiger partial charge < -0.3 is 10.2 Å². The Kier molecular flexibility index (Phi) is 3.64. The summed E-state index contributed by atoms with van der Waals surface area (Å²) in [6.45, 7) is 4.82. The molecule has 1 aromatic carbocycles. The van der Waals surface area contributed by atoms with Crippen molar-refractivity contribution in [3.8, 4) is 0 Å². The van der Waals surface area contributed by atoms with Gasteiger partial charge in [-0.1, -0.05) is 25.1 Å². The third-order valence-electron chi connectivity index (χ3n) is 4.22. The van der Waals surface area contributed by atoms with E-state index >= 15 is 0 Å². The maximum atomic E-state index is 3.90. The van der Waals surface area contributed by atoms with Crippen molar-refractivity contribution in [2.24, 2.45) is 5.92 Å². The standard InChI is InChI=1S/C15H22N2S/c1-11-9-17(2)8-7-13(11)16-14-10-18-15-6-4-3-5-12(14)15/h3-6,11,13-14,16H,7-10H2,1-2H3. The molecule has 0 bridgehead atoms. The molecule has 1 fully saturated rings. The Morgan fingerprint density at radius 1 is 1.33 bits per heavy atom. The molecule has 2 aliphatic heterocycles. The van der Waals surface area contributed by atoms with Gasteiger partial charge in [-0.3, -0.25) is 0 Å². The van der Waals surface area contributed by atoms with Crippen LogP contribution in [0.15, 0.2) is 29.2 Å². The van der Waals surface area contributed by atoms with Crippen LogP contribution in [0.4, 0.5) is 0 Å². The fourth-order valence-corrected chi connectivity index (χ4v) is 4.33. The van der Waals surface area contributed by atoms with Crippen LogP contribution >= 0.6 is 11.8 Å². The quantitative estimate of drug-likeness (QED) is 0.882. The molecule has 2 heterocycles. The molecule has 0 amide bonds. The lowest BCUT2D eigenvalue weighted by atomic mass is 9.93. The van der Waals surface area contributed by atoms with Gasteiger partial charge in [0.1, 0.15) is 0 Å². The SMILES string of the molecule is CC1CN(C)CCC1NC1CSc2ccccc21. The first kappa shape index (κ1) is 12.5. The fraction of sp³-hybridized carbons (Fsp3) is 0.600. The molecule has 1 aromatic rings. The number of hydrogen-bond donors (Lipinski definition) is 1. The third kappa shape index (κ3) is 2.44. The topological polar surface area (TPSA) is 15.3 Å². The Bertz CT molecular complexity index is 421. The predicted molar refractivity (Wildman–Crippen MR) is 78.1 cm³/mol. The number of piperidine rings is 1. The van der Waals surface area contributed by atoms with Gasteiger partial charge in [0.25, 0.3) is 0 Å². The van der Waals surface area contributed by atoms with Gasteiger partial charge in [-0.25, -0.2) is 0 Å². The smallest absolute Gasteiger partial charge is 0.0428 e. The summed E-state index contributed by atoms with van der Waals surface area (Å²) in [4.78, 5) is 3.91. The normalized spacial score (nSPS) is 32.4. The molecule has 3 rings (SSSR count). The van der Waals surface area contributed by atoms with Gasteiger partial charge in [-0.15, -0.1) is 11.8 Å². The van der Waals surface area contributed by atoms with Gasteiger partial charge in [0.2, 0.25) is 0 Å². The molecule has 2 aliphatic rings. The largest absolute Gasteiger partial charge is 0.306 e. The van der Waals surface area contributed by atoms with Gasteiger partial charge in [0.05, 0.1) is 0 Å². The highest BCUT2D eigenvalue weighted by atomic mass is 32.2. The lowest BCUT2D eigenvalue weighted by molar-refractivity contribution is 0.168. The van der Waals surface area contributed by atoms with Gasteiger partial charge in [0.15, 0.2) is 0 Å². The minimum atomic E-state index is 0.557. The number of thioether (sulfide) groups is 1. The molecule has 0 aliphatic carbocycles. The molecule has 0 aromatic heterocycles. The monoisotopic (exact) mass is 262 g/mol. The average Bonchev–Trinajstić information content (AvgIpc) is 2.76. The molecule has 98 valence electrons. The van der Waals surface area contributed by atoms with Crippen LogP contribution in [0, 0.1) is 5.92 Å². The number of nitrogens with one attached hydrogen (secondary N) is 1. The molecule has 0 spiro atoms. The van der Waals surface area contributed by atoms with Gasteiger partial charge in [-0.2, -0.15) is 0 Å². The number of likely N-dealkylation sites (tertiary alicyclic amines) is 1. The molecule has 1 saturated heterocycles. The molecule has 3 heteroatoms. The Balaban J connectivity index is 1.68. The van der Waals surface area contributed by atoms with Crippen LogP contribution in [-0.4, -0.2) is 36.8 Å². The first-order chi connectivity index (χ1) is 8.74. The molecular weight excluding hydrogens is 240 g/mol. The third-order valence-corrected chi connectivity index (χ3v) is 5.41. The first-order valence-corrected chi connectivity index (χ1v) is 7.89. The van der Waals surface area contributed by atoms with E-state index in [-0.39, 0.29) is 0 Å². The first-order valence-electron chi connectivity index (χ1n) is 6.90. The Morgan fingerprint density at radius 3 is 3.00 bits per heavy atom. The highest BCUT2D eigenvalue weighted by Crippen LogP contribution is 2.38. The summed E-state index contributed by atoms with van der Waals surface area (Å²) in [5.41, 5.74) is 1.51. The van der Waals surface area contributed by atoms with E-state index in [4.69, 9.17) is 0 Å². The van der Waals surface area contributed by atoms with Crippen molar-refractivity contribution in [2.45, 2.75) is 30.3 Å². The minimum Gasteiger partial charge on any atom is -0.306 e. The van der Waals surface area contributed by atoms with Crippen LogP contribution in [-0.2, 0) is 0 Å². The van der Waals surface area contributed by atoms with Crippen molar-refractivity contribution in [2.75, 3.05) is 25.9 Å². The summed E-state index contributed by atoms with van der Waals surface area (Å²) >= 11 is 1.99. The maximum Gasteiger partial charge on any atom is 0.0428 e. The maximum absolute atomic E-state index is 3.90. The van der Waals surface area contributed by atoms with Gasteiger partial charge in [-0.05, 0) is 37.6 Å². The van der Waals surface area contributed by atoms with Crippen molar-refractivity contribution in [3.63, 3.8) is 0 Å². The van der Waals surface area contributed by atoms with E-state index in [1.807, 2.05) is 11.8 Å². The van der Waals surface area contributed by atoms with E-state index in [1.165, 1.54) is 35.7 Å². The molecule has 3 unspecified atom stereocenters. The summed E-state index contributed by atoms with van der Waals surface area (Å²) in [7, 11) is 2.23. The zero-order valence-corrected chi connectivity index (χ0v) is 12.0. The van der Waals surface area contributed by atoms with Crippen LogP contribution in [0.3, 0.4) is 0 Å². The Labute approximate surface area is 114 Å². The summed E-state index contributed by atoms with van der Waals surface area (Å²) in [5, 5.41) is 3.90. The summed E-state index contributed by atoms with van der Waals surface area (Å²) < 4.78 is 0. The second-order valence-corrected chi connectivity index (χ2v) is 6.76. The number of fused-ring (bicyclic) bond motifs is 1. The van der Waals surface area contributed by atoms with Gasteiger partial charge >= 0.3 is 0 Å². The van der Waals surface area contributed by atoms with E-state index in [9.17, 15) is 0 Å². The molecule has 3 atom stereocenters. The summed E-state index contributed by atoms with van der Waals surface area (Å²) in [6, 6.07) is 10.1. The van der Waals surface area contributed by atoms with Crippen LogP contribution < -0.4 is 5.32 Å². The molecule has 2 nitrogen and oxygen atoms in total. The van der Waals surface area contributed by atoms with Crippen molar-refractivity contribution < 1.29 is 0 Å². The van der Waals surface area contributed by atoms with E-state index in [0.717, 1.165) is 5.92 Å². The van der Waals surface area contributed by atoms with Crippen molar-refractivity contribution >= 4 is 11.8 Å².